The maximum atomic E-state index is 6.60. The van der Waals surface area contributed by atoms with Gasteiger partial charge >= 0.3 is 0 Å². The van der Waals surface area contributed by atoms with E-state index < -0.39 is 5.41 Å². The van der Waals surface area contributed by atoms with Gasteiger partial charge in [0.25, 0.3) is 0 Å². The standard InChI is InChI=1S/C25H15N/c26-23-15-7-11-19-18-10-3-6-14-22(18)25(24(19)23)20-12-4-1-8-16(20)17-9-2-5-13-21(17)25/h1-4,6-12,14-15H,26H2. The summed E-state index contributed by atoms with van der Waals surface area (Å²) in [5.41, 5.74) is 16.9. The van der Waals surface area contributed by atoms with Crippen molar-refractivity contribution in [2.75, 3.05) is 5.73 Å². The number of nitrogen functional groups attached to an aromatic ring is 1. The molecule has 120 valence electrons. The smallest absolute Gasteiger partial charge is 0.0824 e. The summed E-state index contributed by atoms with van der Waals surface area (Å²) in [7, 11) is 0. The Labute approximate surface area is 152 Å². The van der Waals surface area contributed by atoms with Gasteiger partial charge in [0.1, 0.15) is 0 Å². The zero-order chi connectivity index (χ0) is 17.3. The van der Waals surface area contributed by atoms with Crippen molar-refractivity contribution in [1.29, 1.82) is 0 Å². The van der Waals surface area contributed by atoms with Gasteiger partial charge in [-0.15, -0.1) is 0 Å². The molecule has 6 rings (SSSR count). The van der Waals surface area contributed by atoms with Gasteiger partial charge in [-0.3, -0.25) is 0 Å². The Hall–Kier alpha value is -3.50. The van der Waals surface area contributed by atoms with E-state index in [1.165, 1.54) is 38.9 Å². The van der Waals surface area contributed by atoms with Crippen LogP contribution in [0.1, 0.15) is 22.3 Å². The Morgan fingerprint density at radius 2 is 1.31 bits per heavy atom. The van der Waals surface area contributed by atoms with Crippen LogP contribution >= 0.6 is 0 Å². The molecule has 1 heteroatoms. The van der Waals surface area contributed by atoms with Crippen molar-refractivity contribution >= 4 is 5.69 Å². The number of benzene rings is 3. The van der Waals surface area contributed by atoms with Crippen molar-refractivity contribution < 1.29 is 0 Å². The molecule has 0 aromatic heterocycles. The summed E-state index contributed by atoms with van der Waals surface area (Å²) < 4.78 is 0. The van der Waals surface area contributed by atoms with E-state index >= 15 is 0 Å². The van der Waals surface area contributed by atoms with Crippen LogP contribution in [0.25, 0.3) is 22.3 Å². The normalized spacial score (nSPS) is 14.3. The van der Waals surface area contributed by atoms with Gasteiger partial charge in [0.05, 0.1) is 5.41 Å². The number of hydrogen-bond donors (Lipinski definition) is 1. The molecule has 0 amide bonds. The van der Waals surface area contributed by atoms with Crippen LogP contribution in [0, 0.1) is 12.1 Å². The molecule has 0 heterocycles. The van der Waals surface area contributed by atoms with Crippen LogP contribution < -0.4 is 5.73 Å². The molecule has 0 aliphatic heterocycles. The summed E-state index contributed by atoms with van der Waals surface area (Å²) in [6.07, 6.45) is 0. The Bertz CT molecular complexity index is 1140. The monoisotopic (exact) mass is 329 g/mol. The Kier molecular flexibility index (Phi) is 2.41. The van der Waals surface area contributed by atoms with Crippen LogP contribution in [0.4, 0.5) is 5.69 Å². The van der Waals surface area contributed by atoms with E-state index in [0.29, 0.717) is 0 Å². The second kappa shape index (κ2) is 4.56. The van der Waals surface area contributed by atoms with Gasteiger partial charge < -0.3 is 5.73 Å². The van der Waals surface area contributed by atoms with Gasteiger partial charge in [-0.2, -0.15) is 0 Å². The quantitative estimate of drug-likeness (QED) is 0.380. The molecule has 0 radical (unpaired) electrons. The summed E-state index contributed by atoms with van der Waals surface area (Å²) >= 11 is 0. The average molecular weight is 329 g/mol. The molecule has 0 fully saturated rings. The second-order valence-corrected chi connectivity index (χ2v) is 7.00. The van der Waals surface area contributed by atoms with E-state index in [2.05, 4.69) is 72.8 Å². The molecule has 2 aliphatic rings. The first-order chi connectivity index (χ1) is 12.8. The van der Waals surface area contributed by atoms with E-state index in [1.54, 1.807) is 0 Å². The second-order valence-electron chi connectivity index (χ2n) is 7.00. The fourth-order valence-electron chi connectivity index (χ4n) is 5.02. The zero-order valence-electron chi connectivity index (χ0n) is 14.1. The molecule has 1 atom stereocenters. The molecule has 1 unspecified atom stereocenters. The van der Waals surface area contributed by atoms with E-state index in [1.807, 2.05) is 18.2 Å². The minimum absolute atomic E-state index is 0.402. The Morgan fingerprint density at radius 3 is 2.08 bits per heavy atom. The van der Waals surface area contributed by atoms with Gasteiger partial charge in [-0.05, 0) is 51.6 Å². The fraction of sp³-hybridized carbons (Fsp3) is 0.0400. The lowest BCUT2D eigenvalue weighted by atomic mass is 9.70. The maximum Gasteiger partial charge on any atom is 0.0824 e. The molecule has 0 bridgehead atoms. The van der Waals surface area contributed by atoms with Crippen LogP contribution in [0.15, 0.2) is 78.9 Å². The highest BCUT2D eigenvalue weighted by molar-refractivity contribution is 5.96. The predicted octanol–water partition coefficient (Wildman–Crippen LogP) is 5.21. The van der Waals surface area contributed by atoms with E-state index in [0.717, 1.165) is 11.3 Å². The lowest BCUT2D eigenvalue weighted by Gasteiger charge is -2.30. The van der Waals surface area contributed by atoms with Crippen molar-refractivity contribution in [1.82, 2.24) is 0 Å². The van der Waals surface area contributed by atoms with E-state index in [4.69, 9.17) is 5.73 Å². The van der Waals surface area contributed by atoms with Gasteiger partial charge in [0.15, 0.2) is 0 Å². The zero-order valence-corrected chi connectivity index (χ0v) is 14.1. The van der Waals surface area contributed by atoms with Gasteiger partial charge in [0.2, 0.25) is 0 Å². The maximum absolute atomic E-state index is 6.60. The molecule has 0 saturated carbocycles. The predicted molar refractivity (Wildman–Crippen MR) is 105 cm³/mol. The molecule has 1 nitrogen and oxygen atoms in total. The van der Waals surface area contributed by atoms with Gasteiger partial charge in [0, 0.05) is 16.8 Å². The summed E-state index contributed by atoms with van der Waals surface area (Å²) in [5.74, 6) is 0. The molecule has 4 aromatic rings. The van der Waals surface area contributed by atoms with Crippen molar-refractivity contribution in [3.05, 3.63) is 113 Å². The lowest BCUT2D eigenvalue weighted by molar-refractivity contribution is 0.797. The van der Waals surface area contributed by atoms with Crippen LogP contribution in [-0.4, -0.2) is 0 Å². The van der Waals surface area contributed by atoms with Crippen molar-refractivity contribution in [2.45, 2.75) is 5.41 Å². The highest BCUT2D eigenvalue weighted by Crippen LogP contribution is 2.63. The van der Waals surface area contributed by atoms with Crippen molar-refractivity contribution in [2.24, 2.45) is 0 Å². The minimum atomic E-state index is -0.402. The first-order valence-electron chi connectivity index (χ1n) is 8.85. The van der Waals surface area contributed by atoms with E-state index in [9.17, 15) is 0 Å². The summed E-state index contributed by atoms with van der Waals surface area (Å²) in [6, 6.07) is 34.3. The van der Waals surface area contributed by atoms with Crippen molar-refractivity contribution in [3.63, 3.8) is 0 Å². The first-order valence-corrected chi connectivity index (χ1v) is 8.85. The third-order valence-electron chi connectivity index (χ3n) is 5.89. The summed E-state index contributed by atoms with van der Waals surface area (Å²) in [4.78, 5) is 0. The fourth-order valence-corrected chi connectivity index (χ4v) is 5.02. The minimum Gasteiger partial charge on any atom is -0.398 e. The molecule has 2 aliphatic carbocycles. The number of fused-ring (bicyclic) bond motifs is 10. The third kappa shape index (κ3) is 1.37. The average Bonchev–Trinajstić information content (AvgIpc) is 3.16. The topological polar surface area (TPSA) is 26.0 Å². The van der Waals surface area contributed by atoms with Crippen LogP contribution in [0.2, 0.25) is 0 Å². The Morgan fingerprint density at radius 1 is 0.654 bits per heavy atom. The summed E-state index contributed by atoms with van der Waals surface area (Å²) in [5, 5.41) is 0. The highest BCUT2D eigenvalue weighted by atomic mass is 14.6. The van der Waals surface area contributed by atoms with E-state index in [-0.39, 0.29) is 0 Å². The number of nitrogens with two attached hydrogens (primary N) is 1. The molecular formula is C25H15N. The summed E-state index contributed by atoms with van der Waals surface area (Å²) in [6.45, 7) is 0. The molecule has 4 aromatic carbocycles. The lowest BCUT2D eigenvalue weighted by Crippen LogP contribution is -2.26. The van der Waals surface area contributed by atoms with Crippen molar-refractivity contribution in [3.8, 4) is 22.3 Å². The molecule has 2 N–H and O–H groups in total. The molecular weight excluding hydrogens is 314 g/mol. The molecule has 26 heavy (non-hydrogen) atoms. The number of rotatable bonds is 0. The van der Waals surface area contributed by atoms with Crippen LogP contribution in [-0.2, 0) is 5.41 Å². The Balaban J connectivity index is 1.90. The van der Waals surface area contributed by atoms with Crippen LogP contribution in [0.3, 0.4) is 0 Å². The first kappa shape index (κ1) is 13.8. The SMILES string of the molecule is Nc1cccc2c1C1(c3c#cccc3-c3ccccc31)c1ccccc1-2. The largest absolute Gasteiger partial charge is 0.398 e. The van der Waals surface area contributed by atoms with Gasteiger partial charge in [-0.25, -0.2) is 0 Å². The third-order valence-corrected chi connectivity index (χ3v) is 5.89. The number of anilines is 1. The highest BCUT2D eigenvalue weighted by Gasteiger charge is 2.52. The molecule has 1 spiro atoms. The van der Waals surface area contributed by atoms with Crippen LogP contribution in [0.5, 0.6) is 0 Å². The molecule has 0 saturated heterocycles. The van der Waals surface area contributed by atoms with Gasteiger partial charge in [-0.1, -0.05) is 72.8 Å². The number of hydrogen-bond acceptors (Lipinski definition) is 1.